The van der Waals surface area contributed by atoms with Crippen LogP contribution in [0.5, 0.6) is 0 Å². The van der Waals surface area contributed by atoms with Gasteiger partial charge in [-0.2, -0.15) is 0 Å². The maximum Gasteiger partial charge on any atom is 0.185 e. The molecular weight excluding hydrogens is 272 g/mol. The summed E-state index contributed by atoms with van der Waals surface area (Å²) in [6.07, 6.45) is 1.91. The fourth-order valence-corrected chi connectivity index (χ4v) is 2.66. The zero-order valence-electron chi connectivity index (χ0n) is 11.5. The molecule has 1 heterocycles. The lowest BCUT2D eigenvalue weighted by atomic mass is 9.91. The molecule has 1 N–H and O–H groups in total. The molecule has 1 aromatic rings. The Balaban J connectivity index is 2.17. The number of nitrogens with one attached hydrogen (secondary N) is 1. The molecule has 0 saturated carbocycles. The Morgan fingerprint density at radius 3 is 2.35 bits per heavy atom. The minimum Gasteiger partial charge on any atom is -0.377 e. The topological polar surface area (TPSA) is 15.3 Å². The van der Waals surface area contributed by atoms with E-state index in [0.29, 0.717) is 0 Å². The maximum atomic E-state index is 13.6. The van der Waals surface area contributed by atoms with Gasteiger partial charge in [0, 0.05) is 18.7 Å². The molecule has 0 spiro atoms. The number of benzene rings is 1. The largest absolute Gasteiger partial charge is 0.377 e. The maximum absolute atomic E-state index is 13.6. The van der Waals surface area contributed by atoms with Gasteiger partial charge in [-0.3, -0.25) is 0 Å². The van der Waals surface area contributed by atoms with Gasteiger partial charge in [0.1, 0.15) is 5.69 Å². The van der Waals surface area contributed by atoms with E-state index >= 15 is 0 Å². The highest BCUT2D eigenvalue weighted by atomic mass is 19.2. The highest BCUT2D eigenvalue weighted by molar-refractivity contribution is 5.48. The predicted molar refractivity (Wildman–Crippen MR) is 69.6 cm³/mol. The third-order valence-corrected chi connectivity index (χ3v) is 3.85. The Morgan fingerprint density at radius 1 is 1.20 bits per heavy atom. The first-order chi connectivity index (χ1) is 9.40. The highest BCUT2D eigenvalue weighted by Crippen LogP contribution is 2.27. The molecule has 1 aliphatic heterocycles. The van der Waals surface area contributed by atoms with Crippen molar-refractivity contribution < 1.29 is 17.6 Å². The number of hydrogen-bond donors (Lipinski definition) is 1. The highest BCUT2D eigenvalue weighted by Gasteiger charge is 2.26. The van der Waals surface area contributed by atoms with Crippen LogP contribution >= 0.6 is 0 Å². The summed E-state index contributed by atoms with van der Waals surface area (Å²) in [4.78, 5) is 2.13. The van der Waals surface area contributed by atoms with Crippen LogP contribution in [0, 0.1) is 29.2 Å². The van der Waals surface area contributed by atoms with Crippen LogP contribution in [0.25, 0.3) is 0 Å². The number of halogens is 4. The number of hydrogen-bond acceptors (Lipinski definition) is 2. The van der Waals surface area contributed by atoms with Crippen molar-refractivity contribution in [3.05, 3.63) is 29.3 Å². The van der Waals surface area contributed by atoms with Crippen LogP contribution < -0.4 is 5.32 Å². The van der Waals surface area contributed by atoms with Crippen LogP contribution in [0.4, 0.5) is 23.2 Å². The average molecular weight is 290 g/mol. The molecule has 112 valence electrons. The van der Waals surface area contributed by atoms with Gasteiger partial charge in [0.2, 0.25) is 0 Å². The van der Waals surface area contributed by atoms with E-state index in [1.807, 2.05) is 7.05 Å². The molecule has 0 aliphatic carbocycles. The van der Waals surface area contributed by atoms with E-state index in [9.17, 15) is 17.6 Å². The quantitative estimate of drug-likeness (QED) is 0.678. The van der Waals surface area contributed by atoms with Crippen molar-refractivity contribution >= 4 is 5.69 Å². The van der Waals surface area contributed by atoms with Gasteiger partial charge in [-0.05, 0) is 39.3 Å². The Labute approximate surface area is 115 Å². The SMILES string of the molecule is CC(Nc1c(F)c(F)cc(F)c1F)C1CCCN(C)C1. The number of piperidine rings is 1. The summed E-state index contributed by atoms with van der Waals surface area (Å²) < 4.78 is 53.5. The van der Waals surface area contributed by atoms with E-state index in [-0.39, 0.29) is 18.0 Å². The molecule has 2 rings (SSSR count). The molecular formula is C14H18F4N2. The molecule has 6 heteroatoms. The molecule has 0 amide bonds. The normalized spacial score (nSPS) is 21.8. The van der Waals surface area contributed by atoms with Crippen LogP contribution in [-0.4, -0.2) is 31.1 Å². The Morgan fingerprint density at radius 2 is 1.80 bits per heavy atom. The lowest BCUT2D eigenvalue weighted by molar-refractivity contribution is 0.197. The van der Waals surface area contributed by atoms with Gasteiger partial charge in [-0.15, -0.1) is 0 Å². The molecule has 2 nitrogen and oxygen atoms in total. The Hall–Kier alpha value is -1.30. The molecule has 0 bridgehead atoms. The summed E-state index contributed by atoms with van der Waals surface area (Å²) >= 11 is 0. The standard InChI is InChI=1S/C14H18F4N2/c1-8(9-4-3-5-20(2)7-9)19-14-12(17)10(15)6-11(16)13(14)18/h6,8-9,19H,3-5,7H2,1-2H3. The zero-order chi connectivity index (χ0) is 14.9. The van der Waals surface area contributed by atoms with E-state index in [4.69, 9.17) is 0 Å². The molecule has 1 saturated heterocycles. The van der Waals surface area contributed by atoms with Crippen LogP contribution in [-0.2, 0) is 0 Å². The summed E-state index contributed by atoms with van der Waals surface area (Å²) in [5, 5.41) is 2.59. The fourth-order valence-electron chi connectivity index (χ4n) is 2.66. The lowest BCUT2D eigenvalue weighted by Gasteiger charge is -2.34. The Kier molecular flexibility index (Phi) is 4.52. The van der Waals surface area contributed by atoms with Crippen molar-refractivity contribution in [1.82, 2.24) is 4.90 Å². The second-order valence-electron chi connectivity index (χ2n) is 5.44. The third-order valence-electron chi connectivity index (χ3n) is 3.85. The van der Waals surface area contributed by atoms with Crippen molar-refractivity contribution in [2.24, 2.45) is 5.92 Å². The third kappa shape index (κ3) is 3.06. The smallest absolute Gasteiger partial charge is 0.185 e. The minimum absolute atomic E-state index is 0.180. The van der Waals surface area contributed by atoms with E-state index in [1.165, 1.54) is 0 Å². The van der Waals surface area contributed by atoms with Crippen molar-refractivity contribution in [2.75, 3.05) is 25.5 Å². The first kappa shape index (κ1) is 15.1. The van der Waals surface area contributed by atoms with E-state index in [1.54, 1.807) is 6.92 Å². The summed E-state index contributed by atoms with van der Waals surface area (Å²) in [5.41, 5.74) is -0.719. The molecule has 1 aromatic carbocycles. The van der Waals surface area contributed by atoms with Crippen molar-refractivity contribution in [3.8, 4) is 0 Å². The molecule has 20 heavy (non-hydrogen) atoms. The van der Waals surface area contributed by atoms with Crippen molar-refractivity contribution in [1.29, 1.82) is 0 Å². The van der Waals surface area contributed by atoms with Gasteiger partial charge in [0.25, 0.3) is 0 Å². The fraction of sp³-hybridized carbons (Fsp3) is 0.571. The number of anilines is 1. The van der Waals surface area contributed by atoms with Crippen LogP contribution in [0.2, 0.25) is 0 Å². The molecule has 1 aliphatic rings. The minimum atomic E-state index is -1.39. The van der Waals surface area contributed by atoms with E-state index in [2.05, 4.69) is 10.2 Å². The predicted octanol–water partition coefficient (Wildman–Crippen LogP) is 3.39. The van der Waals surface area contributed by atoms with Gasteiger partial charge in [-0.25, -0.2) is 17.6 Å². The van der Waals surface area contributed by atoms with Gasteiger partial charge in [0.05, 0.1) is 0 Å². The van der Waals surface area contributed by atoms with Crippen molar-refractivity contribution in [3.63, 3.8) is 0 Å². The first-order valence-corrected chi connectivity index (χ1v) is 6.68. The molecule has 1 fully saturated rings. The van der Waals surface area contributed by atoms with E-state index < -0.39 is 29.0 Å². The van der Waals surface area contributed by atoms with Gasteiger partial charge in [0.15, 0.2) is 23.3 Å². The Bertz CT molecular complexity index is 466. The second-order valence-corrected chi connectivity index (χ2v) is 5.44. The first-order valence-electron chi connectivity index (χ1n) is 6.68. The monoisotopic (exact) mass is 290 g/mol. The van der Waals surface area contributed by atoms with Crippen LogP contribution in [0.1, 0.15) is 19.8 Å². The van der Waals surface area contributed by atoms with Gasteiger partial charge >= 0.3 is 0 Å². The number of rotatable bonds is 3. The lowest BCUT2D eigenvalue weighted by Crippen LogP contribution is -2.40. The number of likely N-dealkylation sites (tertiary alicyclic amines) is 1. The summed E-state index contributed by atoms with van der Waals surface area (Å²) in [6, 6.07) is -0.0579. The van der Waals surface area contributed by atoms with Gasteiger partial charge < -0.3 is 10.2 Å². The van der Waals surface area contributed by atoms with Crippen LogP contribution in [0.15, 0.2) is 6.07 Å². The van der Waals surface area contributed by atoms with E-state index in [0.717, 1.165) is 25.9 Å². The zero-order valence-corrected chi connectivity index (χ0v) is 11.5. The average Bonchev–Trinajstić information content (AvgIpc) is 2.41. The second kappa shape index (κ2) is 5.99. The molecule has 2 unspecified atom stereocenters. The van der Waals surface area contributed by atoms with Crippen molar-refractivity contribution in [2.45, 2.75) is 25.8 Å². The summed E-state index contributed by atoms with van der Waals surface area (Å²) in [6.45, 7) is 3.54. The molecule has 2 atom stereocenters. The summed E-state index contributed by atoms with van der Waals surface area (Å²) in [7, 11) is 1.97. The number of nitrogens with zero attached hydrogens (tertiary/aromatic N) is 1. The molecule has 0 radical (unpaired) electrons. The van der Waals surface area contributed by atoms with Gasteiger partial charge in [-0.1, -0.05) is 0 Å². The van der Waals surface area contributed by atoms with Crippen LogP contribution in [0.3, 0.4) is 0 Å². The molecule has 0 aromatic heterocycles. The summed E-state index contributed by atoms with van der Waals surface area (Å²) in [5.74, 6) is -5.35.